The number of rotatable bonds is 4. The molecule has 0 spiro atoms. The number of hydrogen-bond donors (Lipinski definition) is 0. The van der Waals surface area contributed by atoms with Gasteiger partial charge in [-0.3, -0.25) is 0 Å². The summed E-state index contributed by atoms with van der Waals surface area (Å²) >= 11 is 5.81. The first kappa shape index (κ1) is 12.9. The zero-order valence-corrected chi connectivity index (χ0v) is 10.7. The van der Waals surface area contributed by atoms with Gasteiger partial charge in [0.2, 0.25) is 6.08 Å². The number of benzene rings is 1. The quantitative estimate of drug-likeness (QED) is 0.625. The summed E-state index contributed by atoms with van der Waals surface area (Å²) in [6.45, 7) is 0. The summed E-state index contributed by atoms with van der Waals surface area (Å²) in [6.07, 6.45) is 2.58. The minimum absolute atomic E-state index is 0.0879. The van der Waals surface area contributed by atoms with E-state index in [4.69, 9.17) is 21.1 Å². The Balaban J connectivity index is 2.71. The van der Waals surface area contributed by atoms with Crippen LogP contribution in [0.5, 0.6) is 11.5 Å². The Labute approximate surface area is 108 Å². The summed E-state index contributed by atoms with van der Waals surface area (Å²) in [6, 6.07) is 1.33. The highest BCUT2D eigenvalue weighted by Crippen LogP contribution is 2.56. The monoisotopic (exact) mass is 271 g/mol. The van der Waals surface area contributed by atoms with Crippen molar-refractivity contribution in [3.05, 3.63) is 22.5 Å². The van der Waals surface area contributed by atoms with Gasteiger partial charge in [0, 0.05) is 6.07 Å². The molecule has 1 aromatic carbocycles. The van der Waals surface area contributed by atoms with E-state index >= 15 is 0 Å². The van der Waals surface area contributed by atoms with Crippen LogP contribution in [0.1, 0.15) is 18.4 Å². The second-order valence-electron chi connectivity index (χ2n) is 4.02. The van der Waals surface area contributed by atoms with Gasteiger partial charge >= 0.3 is 0 Å². The van der Waals surface area contributed by atoms with Crippen LogP contribution in [-0.4, -0.2) is 20.3 Å². The molecule has 1 aromatic rings. The first-order valence-corrected chi connectivity index (χ1v) is 5.67. The fourth-order valence-corrected chi connectivity index (χ4v) is 2.17. The molecule has 0 saturated heterocycles. The Bertz CT molecular complexity index is 537. The van der Waals surface area contributed by atoms with Gasteiger partial charge in [-0.2, -0.15) is 4.99 Å². The Morgan fingerprint density at radius 1 is 1.44 bits per heavy atom. The Kier molecular flexibility index (Phi) is 3.28. The molecule has 0 atom stereocenters. The van der Waals surface area contributed by atoms with E-state index in [-0.39, 0.29) is 16.3 Å². The van der Waals surface area contributed by atoms with E-state index in [2.05, 4.69) is 4.99 Å². The van der Waals surface area contributed by atoms with Crippen LogP contribution in [-0.2, 0) is 10.3 Å². The molecule has 0 N–H and O–H groups in total. The fraction of sp³-hybridized carbons (Fsp3) is 0.417. The van der Waals surface area contributed by atoms with Crippen LogP contribution < -0.4 is 9.47 Å². The van der Waals surface area contributed by atoms with Crippen LogP contribution in [0.2, 0.25) is 5.02 Å². The summed E-state index contributed by atoms with van der Waals surface area (Å²) in [7, 11) is 2.83. The minimum Gasteiger partial charge on any atom is -0.493 e. The predicted molar refractivity (Wildman–Crippen MR) is 63.5 cm³/mol. The highest BCUT2D eigenvalue weighted by atomic mass is 35.5. The summed E-state index contributed by atoms with van der Waals surface area (Å²) in [5, 5.41) is -0.0879. The van der Waals surface area contributed by atoms with Crippen molar-refractivity contribution in [3.63, 3.8) is 0 Å². The molecule has 0 aliphatic heterocycles. The maximum atomic E-state index is 14.2. The maximum absolute atomic E-state index is 14.2. The van der Waals surface area contributed by atoms with E-state index in [9.17, 15) is 9.18 Å². The van der Waals surface area contributed by atoms with E-state index in [0.29, 0.717) is 18.6 Å². The van der Waals surface area contributed by atoms with Gasteiger partial charge in [-0.05, 0) is 12.8 Å². The van der Waals surface area contributed by atoms with E-state index < -0.39 is 11.4 Å². The van der Waals surface area contributed by atoms with Gasteiger partial charge in [0.1, 0.15) is 5.54 Å². The maximum Gasteiger partial charge on any atom is 0.235 e. The lowest BCUT2D eigenvalue weighted by Crippen LogP contribution is -2.10. The number of halogens is 2. The molecule has 0 aromatic heterocycles. The molecule has 0 bridgehead atoms. The van der Waals surface area contributed by atoms with Crippen molar-refractivity contribution in [2.45, 2.75) is 18.4 Å². The largest absolute Gasteiger partial charge is 0.493 e. The minimum atomic E-state index is -0.907. The van der Waals surface area contributed by atoms with E-state index in [1.165, 1.54) is 26.4 Å². The molecule has 0 unspecified atom stereocenters. The van der Waals surface area contributed by atoms with Crippen molar-refractivity contribution in [2.75, 3.05) is 14.2 Å². The number of ether oxygens (including phenoxy) is 2. The SMILES string of the molecule is COc1cc(Cl)c(F)c(C2(N=C=O)CC2)c1OC. The topological polar surface area (TPSA) is 47.9 Å². The number of methoxy groups -OCH3 is 2. The zero-order valence-electron chi connectivity index (χ0n) is 9.92. The van der Waals surface area contributed by atoms with Gasteiger partial charge in [-0.25, -0.2) is 9.18 Å². The molecule has 0 heterocycles. The van der Waals surface area contributed by atoms with Crippen LogP contribution in [0, 0.1) is 5.82 Å². The van der Waals surface area contributed by atoms with E-state index in [1.54, 1.807) is 0 Å². The smallest absolute Gasteiger partial charge is 0.235 e. The second kappa shape index (κ2) is 4.59. The number of isocyanates is 1. The Morgan fingerprint density at radius 3 is 2.56 bits per heavy atom. The first-order chi connectivity index (χ1) is 8.59. The predicted octanol–water partition coefficient (Wildman–Crippen LogP) is 2.82. The summed E-state index contributed by atoms with van der Waals surface area (Å²) < 4.78 is 24.4. The molecular formula is C12H11ClFNO3. The van der Waals surface area contributed by atoms with Crippen LogP contribution in [0.25, 0.3) is 0 Å². The first-order valence-electron chi connectivity index (χ1n) is 5.29. The molecule has 2 rings (SSSR count). The van der Waals surface area contributed by atoms with Gasteiger partial charge in [0.25, 0.3) is 0 Å². The average Bonchev–Trinajstić information content (AvgIpc) is 3.12. The molecule has 0 radical (unpaired) electrons. The molecule has 1 aliphatic rings. The van der Waals surface area contributed by atoms with Crippen molar-refractivity contribution in [1.29, 1.82) is 0 Å². The fourth-order valence-electron chi connectivity index (χ4n) is 1.98. The van der Waals surface area contributed by atoms with Crippen LogP contribution in [0.15, 0.2) is 11.1 Å². The van der Waals surface area contributed by atoms with Crippen molar-refractivity contribution in [2.24, 2.45) is 4.99 Å². The number of aliphatic imine (C=N–C) groups is 1. The molecule has 96 valence electrons. The lowest BCUT2D eigenvalue weighted by atomic mass is 10.0. The third-order valence-corrected chi connectivity index (χ3v) is 3.29. The van der Waals surface area contributed by atoms with Crippen LogP contribution in [0.3, 0.4) is 0 Å². The molecule has 1 fully saturated rings. The van der Waals surface area contributed by atoms with Crippen molar-refractivity contribution in [1.82, 2.24) is 0 Å². The van der Waals surface area contributed by atoms with E-state index in [0.717, 1.165) is 0 Å². The van der Waals surface area contributed by atoms with Gasteiger partial charge in [0.05, 0.1) is 24.8 Å². The van der Waals surface area contributed by atoms with Crippen LogP contribution >= 0.6 is 11.6 Å². The molecule has 6 heteroatoms. The van der Waals surface area contributed by atoms with Crippen LogP contribution in [0.4, 0.5) is 4.39 Å². The zero-order chi connectivity index (χ0) is 13.3. The highest BCUT2D eigenvalue weighted by molar-refractivity contribution is 6.31. The molecule has 1 saturated carbocycles. The molecular weight excluding hydrogens is 261 g/mol. The molecule has 0 amide bonds. The standard InChI is InChI=1S/C12H11ClFNO3/c1-17-8-5-7(13)10(14)9(11(8)18-2)12(3-4-12)15-6-16/h5H,3-4H2,1-2H3. The van der Waals surface area contributed by atoms with Crippen molar-refractivity contribution < 1.29 is 18.7 Å². The van der Waals surface area contributed by atoms with E-state index in [1.807, 2.05) is 0 Å². The Morgan fingerprint density at radius 2 is 2.11 bits per heavy atom. The van der Waals surface area contributed by atoms with Gasteiger partial charge in [0.15, 0.2) is 17.3 Å². The lowest BCUT2D eigenvalue weighted by molar-refractivity contribution is 0.344. The third kappa shape index (κ3) is 1.85. The highest BCUT2D eigenvalue weighted by Gasteiger charge is 2.50. The van der Waals surface area contributed by atoms with Gasteiger partial charge in [-0.15, -0.1) is 0 Å². The summed E-state index contributed by atoms with van der Waals surface area (Å²) in [5.74, 6) is -0.104. The molecule has 4 nitrogen and oxygen atoms in total. The van der Waals surface area contributed by atoms with Gasteiger partial charge < -0.3 is 9.47 Å². The number of hydrogen-bond acceptors (Lipinski definition) is 4. The molecule has 1 aliphatic carbocycles. The normalized spacial score (nSPS) is 15.8. The van der Waals surface area contributed by atoms with Gasteiger partial charge in [-0.1, -0.05) is 11.6 Å². The lowest BCUT2D eigenvalue weighted by Gasteiger charge is -2.18. The van der Waals surface area contributed by atoms with Crippen molar-refractivity contribution in [3.8, 4) is 11.5 Å². The summed E-state index contributed by atoms with van der Waals surface area (Å²) in [5.41, 5.74) is -0.743. The molecule has 18 heavy (non-hydrogen) atoms. The third-order valence-electron chi connectivity index (χ3n) is 3.01. The van der Waals surface area contributed by atoms with Crippen molar-refractivity contribution >= 4 is 17.7 Å². The number of nitrogens with zero attached hydrogens (tertiary/aromatic N) is 1. The average molecular weight is 272 g/mol. The number of carbonyl (C=O) groups excluding carboxylic acids is 1. The summed E-state index contributed by atoms with van der Waals surface area (Å²) in [4.78, 5) is 14.1. The Hall–Kier alpha value is -1.58. The second-order valence-corrected chi connectivity index (χ2v) is 4.42.